The van der Waals surface area contributed by atoms with Crippen molar-refractivity contribution in [3.05, 3.63) is 71.8 Å². The molecule has 2 N–H and O–H groups in total. The molecule has 4 nitrogen and oxygen atoms in total. The number of halogens is 1. The van der Waals surface area contributed by atoms with Crippen LogP contribution in [0, 0.1) is 0 Å². The normalized spacial score (nSPS) is 13.1. The number of carbonyl (C=O) groups is 1. The largest absolute Gasteiger partial charge is 0.445 e. The van der Waals surface area contributed by atoms with Gasteiger partial charge in [0, 0.05) is 0 Å². The molecule has 0 saturated carbocycles. The molecular formula is C19H22ClNO3. The van der Waals surface area contributed by atoms with Gasteiger partial charge in [-0.25, -0.2) is 4.79 Å². The zero-order valence-corrected chi connectivity index (χ0v) is 14.2. The Balaban J connectivity index is 1.84. The summed E-state index contributed by atoms with van der Waals surface area (Å²) in [6.45, 7) is 0.190. The molecule has 1 amide bonds. The molecule has 2 atom stereocenters. The first-order valence-electron chi connectivity index (χ1n) is 7.94. The lowest BCUT2D eigenvalue weighted by Crippen LogP contribution is -2.44. The molecule has 0 fully saturated rings. The Morgan fingerprint density at radius 3 is 2.21 bits per heavy atom. The molecule has 0 aliphatic heterocycles. The van der Waals surface area contributed by atoms with Gasteiger partial charge in [0.25, 0.3) is 0 Å². The number of benzene rings is 2. The summed E-state index contributed by atoms with van der Waals surface area (Å²) in [7, 11) is 0. The van der Waals surface area contributed by atoms with Crippen LogP contribution in [-0.4, -0.2) is 29.2 Å². The maximum atomic E-state index is 12.0. The molecule has 0 bridgehead atoms. The van der Waals surface area contributed by atoms with Gasteiger partial charge in [0.2, 0.25) is 0 Å². The van der Waals surface area contributed by atoms with Gasteiger partial charge < -0.3 is 15.2 Å². The van der Waals surface area contributed by atoms with Crippen molar-refractivity contribution in [3.8, 4) is 0 Å². The van der Waals surface area contributed by atoms with E-state index in [1.165, 1.54) is 0 Å². The number of aliphatic hydroxyl groups excluding tert-OH is 1. The van der Waals surface area contributed by atoms with Crippen LogP contribution in [0.2, 0.25) is 0 Å². The second kappa shape index (κ2) is 9.96. The maximum Gasteiger partial charge on any atom is 0.407 e. The van der Waals surface area contributed by atoms with Gasteiger partial charge >= 0.3 is 6.09 Å². The van der Waals surface area contributed by atoms with Crippen LogP contribution in [0.25, 0.3) is 0 Å². The molecule has 0 aromatic heterocycles. The van der Waals surface area contributed by atoms with Gasteiger partial charge in [0.05, 0.1) is 18.0 Å². The van der Waals surface area contributed by atoms with Gasteiger partial charge in [-0.3, -0.25) is 0 Å². The predicted molar refractivity (Wildman–Crippen MR) is 95.0 cm³/mol. The summed E-state index contributed by atoms with van der Waals surface area (Å²) < 4.78 is 5.20. The SMILES string of the molecule is O=C(N[C@@H](CCc1ccccc1)[C@H](O)CCl)OCc1ccccc1. The highest BCUT2D eigenvalue weighted by atomic mass is 35.5. The van der Waals surface area contributed by atoms with E-state index in [1.54, 1.807) is 0 Å². The highest BCUT2D eigenvalue weighted by molar-refractivity contribution is 6.18. The Kier molecular flexibility index (Phi) is 7.59. The third kappa shape index (κ3) is 6.22. The van der Waals surface area contributed by atoms with E-state index in [2.05, 4.69) is 5.32 Å². The number of carbonyl (C=O) groups excluding carboxylic acids is 1. The summed E-state index contributed by atoms with van der Waals surface area (Å²) in [5.74, 6) is 0.0540. The van der Waals surface area contributed by atoms with Gasteiger partial charge in [-0.05, 0) is 24.0 Å². The average Bonchev–Trinajstić information content (AvgIpc) is 2.64. The number of aryl methyl sites for hydroxylation is 1. The van der Waals surface area contributed by atoms with E-state index in [9.17, 15) is 9.90 Å². The molecule has 24 heavy (non-hydrogen) atoms. The molecule has 0 unspecified atom stereocenters. The minimum atomic E-state index is -0.820. The van der Waals surface area contributed by atoms with E-state index in [0.717, 1.165) is 17.5 Å². The van der Waals surface area contributed by atoms with Crippen molar-refractivity contribution in [2.75, 3.05) is 5.88 Å². The fourth-order valence-corrected chi connectivity index (χ4v) is 2.57. The van der Waals surface area contributed by atoms with E-state index in [4.69, 9.17) is 16.3 Å². The first-order valence-corrected chi connectivity index (χ1v) is 8.47. The van der Waals surface area contributed by atoms with Gasteiger partial charge in [0.1, 0.15) is 6.61 Å². The van der Waals surface area contributed by atoms with Crippen molar-refractivity contribution in [2.24, 2.45) is 0 Å². The average molecular weight is 348 g/mol. The summed E-state index contributed by atoms with van der Waals surface area (Å²) in [5.41, 5.74) is 2.05. The number of amides is 1. The zero-order chi connectivity index (χ0) is 17.2. The molecule has 0 heterocycles. The van der Waals surface area contributed by atoms with Crippen LogP contribution in [0.4, 0.5) is 4.79 Å². The zero-order valence-electron chi connectivity index (χ0n) is 13.4. The first-order chi connectivity index (χ1) is 11.7. The molecule has 128 valence electrons. The summed E-state index contributed by atoms with van der Waals surface area (Å²) in [5, 5.41) is 12.7. The summed E-state index contributed by atoms with van der Waals surface area (Å²) in [6.07, 6.45) is -0.0581. The highest BCUT2D eigenvalue weighted by Crippen LogP contribution is 2.10. The number of alkyl halides is 1. The number of hydrogen-bond donors (Lipinski definition) is 2. The molecule has 0 radical (unpaired) electrons. The maximum absolute atomic E-state index is 12.0. The van der Waals surface area contributed by atoms with E-state index >= 15 is 0 Å². The van der Waals surface area contributed by atoms with Crippen LogP contribution in [0.5, 0.6) is 0 Å². The van der Waals surface area contributed by atoms with Gasteiger partial charge in [-0.15, -0.1) is 11.6 Å². The van der Waals surface area contributed by atoms with E-state index in [0.29, 0.717) is 6.42 Å². The molecule has 0 aliphatic rings. The summed E-state index contributed by atoms with van der Waals surface area (Å²) >= 11 is 5.74. The van der Waals surface area contributed by atoms with Crippen LogP contribution in [-0.2, 0) is 17.8 Å². The lowest BCUT2D eigenvalue weighted by molar-refractivity contribution is 0.108. The number of aliphatic hydroxyl groups is 1. The summed E-state index contributed by atoms with van der Waals surface area (Å²) in [4.78, 5) is 12.0. The molecule has 0 spiro atoms. The Labute approximate surface area is 147 Å². The molecule has 0 saturated heterocycles. The molecular weight excluding hydrogens is 326 g/mol. The predicted octanol–water partition coefficient (Wildman–Crippen LogP) is 3.51. The van der Waals surface area contributed by atoms with Crippen molar-refractivity contribution >= 4 is 17.7 Å². The monoisotopic (exact) mass is 347 g/mol. The van der Waals surface area contributed by atoms with Crippen LogP contribution in [0.15, 0.2) is 60.7 Å². The minimum Gasteiger partial charge on any atom is -0.445 e. The minimum absolute atomic E-state index is 0.0540. The second-order valence-electron chi connectivity index (χ2n) is 5.56. The van der Waals surface area contributed by atoms with Crippen LogP contribution in [0.1, 0.15) is 17.5 Å². The van der Waals surface area contributed by atoms with E-state index in [1.807, 2.05) is 60.7 Å². The molecule has 2 rings (SSSR count). The number of hydrogen-bond acceptors (Lipinski definition) is 3. The van der Waals surface area contributed by atoms with Gasteiger partial charge in [-0.1, -0.05) is 60.7 Å². The second-order valence-corrected chi connectivity index (χ2v) is 5.87. The smallest absolute Gasteiger partial charge is 0.407 e. The molecule has 5 heteroatoms. The Morgan fingerprint density at radius 2 is 1.62 bits per heavy atom. The van der Waals surface area contributed by atoms with E-state index in [-0.39, 0.29) is 12.5 Å². The van der Waals surface area contributed by atoms with Crippen molar-refractivity contribution in [1.82, 2.24) is 5.32 Å². The standard InChI is InChI=1S/C19H22ClNO3/c20-13-18(22)17(12-11-15-7-3-1-4-8-15)21-19(23)24-14-16-9-5-2-6-10-16/h1-10,17-18,22H,11-14H2,(H,21,23)/t17-,18+/m0/s1. The Hall–Kier alpha value is -2.04. The molecule has 2 aromatic carbocycles. The van der Waals surface area contributed by atoms with E-state index < -0.39 is 18.2 Å². The summed E-state index contributed by atoms with van der Waals surface area (Å²) in [6, 6.07) is 18.9. The Morgan fingerprint density at radius 1 is 1.04 bits per heavy atom. The van der Waals surface area contributed by atoms with Crippen molar-refractivity contribution in [3.63, 3.8) is 0 Å². The first kappa shape index (κ1) is 18.3. The topological polar surface area (TPSA) is 58.6 Å². The number of alkyl carbamates (subject to hydrolysis) is 1. The molecule has 2 aromatic rings. The van der Waals surface area contributed by atoms with Crippen molar-refractivity contribution in [1.29, 1.82) is 0 Å². The fraction of sp³-hybridized carbons (Fsp3) is 0.316. The van der Waals surface area contributed by atoms with Gasteiger partial charge in [0.15, 0.2) is 0 Å². The van der Waals surface area contributed by atoms with Gasteiger partial charge in [-0.2, -0.15) is 0 Å². The van der Waals surface area contributed by atoms with Crippen LogP contribution >= 0.6 is 11.6 Å². The quantitative estimate of drug-likeness (QED) is 0.718. The fourth-order valence-electron chi connectivity index (χ4n) is 2.35. The third-order valence-corrected chi connectivity index (χ3v) is 4.04. The van der Waals surface area contributed by atoms with Crippen molar-refractivity contribution < 1.29 is 14.6 Å². The number of ether oxygens (including phenoxy) is 1. The van der Waals surface area contributed by atoms with Crippen LogP contribution in [0.3, 0.4) is 0 Å². The lowest BCUT2D eigenvalue weighted by atomic mass is 10.0. The van der Waals surface area contributed by atoms with Crippen molar-refractivity contribution in [2.45, 2.75) is 31.6 Å². The van der Waals surface area contributed by atoms with Crippen LogP contribution < -0.4 is 5.32 Å². The number of nitrogens with one attached hydrogen (secondary N) is 1. The third-order valence-electron chi connectivity index (χ3n) is 3.73. The lowest BCUT2D eigenvalue weighted by Gasteiger charge is -2.22. The highest BCUT2D eigenvalue weighted by Gasteiger charge is 2.21. The number of rotatable bonds is 8. The molecule has 0 aliphatic carbocycles. The Bertz CT molecular complexity index is 607.